The van der Waals surface area contributed by atoms with Crippen molar-refractivity contribution in [3.05, 3.63) is 0 Å². The number of fused-ring (bicyclic) bond motifs is 1. The maximum absolute atomic E-state index is 11.1. The molecular formula is C12H22N2O3. The van der Waals surface area contributed by atoms with Gasteiger partial charge in [-0.3, -0.25) is 4.90 Å². The molecule has 0 bridgehead atoms. The van der Waals surface area contributed by atoms with E-state index in [1.807, 2.05) is 0 Å². The van der Waals surface area contributed by atoms with Crippen LogP contribution in [0, 0.1) is 0 Å². The zero-order valence-corrected chi connectivity index (χ0v) is 10.7. The minimum Gasteiger partial charge on any atom is -0.448 e. The molecule has 2 rings (SSSR count). The van der Waals surface area contributed by atoms with Crippen molar-refractivity contribution in [3.8, 4) is 0 Å². The minimum atomic E-state index is -0.339. The summed E-state index contributed by atoms with van der Waals surface area (Å²) >= 11 is 0. The van der Waals surface area contributed by atoms with Gasteiger partial charge in [-0.15, -0.1) is 0 Å². The third-order valence-corrected chi connectivity index (χ3v) is 4.06. The van der Waals surface area contributed by atoms with Crippen LogP contribution >= 0.6 is 0 Å². The highest BCUT2D eigenvalue weighted by molar-refractivity contribution is 5.66. The average molecular weight is 242 g/mol. The third-order valence-electron chi connectivity index (χ3n) is 4.06. The van der Waals surface area contributed by atoms with Crippen LogP contribution in [0.15, 0.2) is 0 Å². The molecule has 2 aliphatic rings. The molecule has 5 heteroatoms. The second kappa shape index (κ2) is 5.23. The number of nitrogens with zero attached hydrogens (tertiary/aromatic N) is 1. The van der Waals surface area contributed by atoms with Crippen LogP contribution in [-0.2, 0) is 9.47 Å². The first-order chi connectivity index (χ1) is 8.22. The van der Waals surface area contributed by atoms with Gasteiger partial charge < -0.3 is 14.8 Å². The van der Waals surface area contributed by atoms with Crippen LogP contribution in [0.25, 0.3) is 0 Å². The second-order valence-corrected chi connectivity index (χ2v) is 5.00. The summed E-state index contributed by atoms with van der Waals surface area (Å²) in [5.74, 6) is 0. The maximum Gasteiger partial charge on any atom is 0.406 e. The fourth-order valence-corrected chi connectivity index (χ4v) is 3.30. The van der Waals surface area contributed by atoms with E-state index in [0.29, 0.717) is 12.6 Å². The van der Waals surface area contributed by atoms with E-state index in [1.54, 1.807) is 14.2 Å². The normalized spacial score (nSPS) is 32.5. The van der Waals surface area contributed by atoms with E-state index in [2.05, 4.69) is 10.2 Å². The number of hydrogen-bond donors (Lipinski definition) is 1. The summed E-state index contributed by atoms with van der Waals surface area (Å²) in [5.41, 5.74) is 0.214. The van der Waals surface area contributed by atoms with Crippen molar-refractivity contribution in [1.82, 2.24) is 10.2 Å². The molecule has 5 nitrogen and oxygen atoms in total. The van der Waals surface area contributed by atoms with Gasteiger partial charge in [0, 0.05) is 25.7 Å². The zero-order chi connectivity index (χ0) is 12.3. The fraction of sp³-hybridized carbons (Fsp3) is 0.917. The Morgan fingerprint density at radius 2 is 2.35 bits per heavy atom. The summed E-state index contributed by atoms with van der Waals surface area (Å²) in [6.45, 7) is 2.39. The Morgan fingerprint density at radius 3 is 3.06 bits per heavy atom. The van der Waals surface area contributed by atoms with Crippen molar-refractivity contribution < 1.29 is 14.3 Å². The highest BCUT2D eigenvalue weighted by atomic mass is 16.5. The van der Waals surface area contributed by atoms with Gasteiger partial charge in [0.25, 0.3) is 0 Å². The highest BCUT2D eigenvalue weighted by Gasteiger charge is 2.49. The van der Waals surface area contributed by atoms with Gasteiger partial charge in [0.15, 0.2) is 0 Å². The summed E-state index contributed by atoms with van der Waals surface area (Å²) in [4.78, 5) is 13.6. The van der Waals surface area contributed by atoms with Gasteiger partial charge in [0.1, 0.15) is 6.61 Å². The van der Waals surface area contributed by atoms with Crippen molar-refractivity contribution in [3.63, 3.8) is 0 Å². The van der Waals surface area contributed by atoms with Crippen molar-refractivity contribution in [1.29, 1.82) is 0 Å². The lowest BCUT2D eigenvalue weighted by Crippen LogP contribution is -2.47. The minimum absolute atomic E-state index is 0.214. The summed E-state index contributed by atoms with van der Waals surface area (Å²) in [6, 6.07) is 0.366. The molecule has 2 saturated heterocycles. The van der Waals surface area contributed by atoms with Crippen LogP contribution in [0.1, 0.15) is 25.7 Å². The molecule has 1 amide bonds. The predicted molar refractivity (Wildman–Crippen MR) is 64.0 cm³/mol. The Kier molecular flexibility index (Phi) is 3.89. The van der Waals surface area contributed by atoms with Crippen LogP contribution < -0.4 is 5.32 Å². The molecule has 0 aliphatic carbocycles. The largest absolute Gasteiger partial charge is 0.448 e. The lowest BCUT2D eigenvalue weighted by atomic mass is 9.95. The van der Waals surface area contributed by atoms with Crippen LogP contribution in [0.3, 0.4) is 0 Å². The van der Waals surface area contributed by atoms with E-state index in [1.165, 1.54) is 12.8 Å². The second-order valence-electron chi connectivity index (χ2n) is 5.00. The van der Waals surface area contributed by atoms with Gasteiger partial charge in [-0.2, -0.15) is 0 Å². The molecular weight excluding hydrogens is 220 g/mol. The molecule has 2 unspecified atom stereocenters. The molecule has 0 spiro atoms. The summed E-state index contributed by atoms with van der Waals surface area (Å²) < 4.78 is 10.5. The number of nitrogens with one attached hydrogen (secondary N) is 1. The van der Waals surface area contributed by atoms with Gasteiger partial charge in [0.05, 0.1) is 6.61 Å². The number of ether oxygens (including phenoxy) is 2. The standard InChI is InChI=1S/C12H22N2O3/c1-13-11(15)17-8-10-4-6-12(9-16-2)5-3-7-14(10)12/h10H,3-9H2,1-2H3,(H,13,15). The van der Waals surface area contributed by atoms with Crippen LogP contribution in [0.4, 0.5) is 4.79 Å². The number of carbonyl (C=O) groups excluding carboxylic acids is 1. The Labute approximate surface area is 102 Å². The van der Waals surface area contributed by atoms with E-state index in [4.69, 9.17) is 9.47 Å². The monoisotopic (exact) mass is 242 g/mol. The molecule has 0 aromatic rings. The summed E-state index contributed by atoms with van der Waals surface area (Å²) in [6.07, 6.45) is 4.34. The quantitative estimate of drug-likeness (QED) is 0.798. The molecule has 0 saturated carbocycles. The van der Waals surface area contributed by atoms with E-state index in [0.717, 1.165) is 26.0 Å². The van der Waals surface area contributed by atoms with Crippen molar-refractivity contribution in [2.75, 3.05) is 33.9 Å². The Bertz CT molecular complexity index is 285. The van der Waals surface area contributed by atoms with Crippen LogP contribution in [-0.4, -0.2) is 56.5 Å². The smallest absolute Gasteiger partial charge is 0.406 e. The number of methoxy groups -OCH3 is 1. The summed E-state index contributed by atoms with van der Waals surface area (Å²) in [7, 11) is 3.35. The lowest BCUT2D eigenvalue weighted by molar-refractivity contribution is 0.0331. The number of carbonyl (C=O) groups is 1. The SMILES string of the molecule is CNC(=O)OCC1CCC2(COC)CCCN12. The molecule has 17 heavy (non-hydrogen) atoms. The first-order valence-corrected chi connectivity index (χ1v) is 6.32. The van der Waals surface area contributed by atoms with Crippen molar-refractivity contribution in [2.45, 2.75) is 37.3 Å². The highest BCUT2D eigenvalue weighted by Crippen LogP contribution is 2.42. The number of alkyl carbamates (subject to hydrolysis) is 1. The first-order valence-electron chi connectivity index (χ1n) is 6.32. The number of hydrogen-bond acceptors (Lipinski definition) is 4. The molecule has 2 heterocycles. The maximum atomic E-state index is 11.1. The Balaban J connectivity index is 1.91. The first kappa shape index (κ1) is 12.6. The van der Waals surface area contributed by atoms with Gasteiger partial charge in [0.2, 0.25) is 0 Å². The Hall–Kier alpha value is -0.810. The molecule has 0 aromatic heterocycles. The van der Waals surface area contributed by atoms with E-state index >= 15 is 0 Å². The molecule has 98 valence electrons. The Morgan fingerprint density at radius 1 is 1.53 bits per heavy atom. The molecule has 0 radical (unpaired) electrons. The number of rotatable bonds is 4. The van der Waals surface area contributed by atoms with Gasteiger partial charge in [-0.05, 0) is 32.2 Å². The van der Waals surface area contributed by atoms with Crippen LogP contribution in [0.2, 0.25) is 0 Å². The third kappa shape index (κ3) is 2.40. The fourth-order valence-electron chi connectivity index (χ4n) is 3.30. The molecule has 2 atom stereocenters. The molecule has 1 N–H and O–H groups in total. The van der Waals surface area contributed by atoms with Gasteiger partial charge in [-0.25, -0.2) is 4.79 Å². The molecule has 2 aliphatic heterocycles. The predicted octanol–water partition coefficient (Wildman–Crippen LogP) is 0.986. The zero-order valence-electron chi connectivity index (χ0n) is 10.7. The van der Waals surface area contributed by atoms with Crippen LogP contribution in [0.5, 0.6) is 0 Å². The molecule has 0 aromatic carbocycles. The average Bonchev–Trinajstić information content (AvgIpc) is 2.85. The summed E-state index contributed by atoms with van der Waals surface area (Å²) in [5, 5.41) is 2.48. The number of amides is 1. The van der Waals surface area contributed by atoms with E-state index in [9.17, 15) is 4.79 Å². The molecule has 2 fully saturated rings. The topological polar surface area (TPSA) is 50.8 Å². The lowest BCUT2D eigenvalue weighted by Gasteiger charge is -2.34. The van der Waals surface area contributed by atoms with Gasteiger partial charge >= 0.3 is 6.09 Å². The van der Waals surface area contributed by atoms with E-state index in [-0.39, 0.29) is 11.6 Å². The van der Waals surface area contributed by atoms with E-state index < -0.39 is 0 Å². The van der Waals surface area contributed by atoms with Crippen molar-refractivity contribution >= 4 is 6.09 Å². The van der Waals surface area contributed by atoms with Crippen molar-refractivity contribution in [2.24, 2.45) is 0 Å². The van der Waals surface area contributed by atoms with Gasteiger partial charge in [-0.1, -0.05) is 0 Å².